The van der Waals surface area contributed by atoms with Crippen LogP contribution in [0.15, 0.2) is 30.3 Å². The fraction of sp³-hybridized carbons (Fsp3) is 0.400. The van der Waals surface area contributed by atoms with Gasteiger partial charge in [-0.15, -0.1) is 11.3 Å². The molecule has 1 fully saturated rings. The van der Waals surface area contributed by atoms with Crippen molar-refractivity contribution in [2.45, 2.75) is 19.9 Å². The van der Waals surface area contributed by atoms with Crippen LogP contribution in [0.5, 0.6) is 0 Å². The van der Waals surface area contributed by atoms with Crippen LogP contribution in [0.4, 0.5) is 9.39 Å². The first kappa shape index (κ1) is 20.7. The van der Waals surface area contributed by atoms with E-state index in [0.29, 0.717) is 10.7 Å². The number of hydrogen-bond donors (Lipinski definition) is 1. The zero-order valence-electron chi connectivity index (χ0n) is 16.0. The molecular formula is C20H24FN3O2S2. The predicted octanol–water partition coefficient (Wildman–Crippen LogP) is 3.75. The van der Waals surface area contributed by atoms with Gasteiger partial charge in [0, 0.05) is 37.6 Å². The van der Waals surface area contributed by atoms with E-state index in [1.165, 1.54) is 24.5 Å². The van der Waals surface area contributed by atoms with Crippen LogP contribution in [0.1, 0.15) is 27.7 Å². The minimum absolute atomic E-state index is 0.203. The molecule has 0 saturated carbocycles. The van der Waals surface area contributed by atoms with Gasteiger partial charge < -0.3 is 15.0 Å². The van der Waals surface area contributed by atoms with Crippen LogP contribution in [0.2, 0.25) is 0 Å². The molecule has 3 rings (SSSR count). The third-order valence-corrected chi connectivity index (χ3v) is 6.27. The van der Waals surface area contributed by atoms with Gasteiger partial charge in [0.05, 0.1) is 12.7 Å². The van der Waals surface area contributed by atoms with Crippen molar-refractivity contribution >= 4 is 39.6 Å². The van der Waals surface area contributed by atoms with E-state index in [1.54, 1.807) is 12.1 Å². The van der Waals surface area contributed by atoms with E-state index in [-0.39, 0.29) is 11.8 Å². The Morgan fingerprint density at radius 3 is 2.68 bits per heavy atom. The van der Waals surface area contributed by atoms with Gasteiger partial charge in [0.25, 0.3) is 0 Å². The molecule has 2 aromatic rings. The van der Waals surface area contributed by atoms with Gasteiger partial charge in [0.1, 0.15) is 10.8 Å². The maximum Gasteiger partial charge on any atom is 0.340 e. The molecule has 5 nitrogen and oxygen atoms in total. The SMILES string of the molecule is CCc1cc(C(=O)OC)c(NC(=S)N2CCN(Cc3cccc(F)c3)CC2)s1. The van der Waals surface area contributed by atoms with Crippen molar-refractivity contribution in [3.63, 3.8) is 0 Å². The second-order valence-corrected chi connectivity index (χ2v) is 8.15. The summed E-state index contributed by atoms with van der Waals surface area (Å²) in [6.45, 7) is 6.01. The zero-order valence-corrected chi connectivity index (χ0v) is 17.7. The van der Waals surface area contributed by atoms with E-state index in [1.807, 2.05) is 19.1 Å². The standard InChI is InChI=1S/C20H24FN3O2S2/c1-3-16-12-17(19(25)26-2)18(28-16)22-20(27)24-9-7-23(8-10-24)13-14-5-4-6-15(21)11-14/h4-6,11-12H,3,7-10,13H2,1-2H3,(H,22,27). The molecule has 150 valence electrons. The summed E-state index contributed by atoms with van der Waals surface area (Å²) in [5, 5.41) is 4.57. The number of thiocarbonyl (C=S) groups is 1. The lowest BCUT2D eigenvalue weighted by Gasteiger charge is -2.36. The number of benzene rings is 1. The first-order valence-electron chi connectivity index (χ1n) is 9.24. The number of nitrogens with zero attached hydrogens (tertiary/aromatic N) is 2. The summed E-state index contributed by atoms with van der Waals surface area (Å²) < 4.78 is 18.2. The maximum absolute atomic E-state index is 13.4. The number of piperazine rings is 1. The summed E-state index contributed by atoms with van der Waals surface area (Å²) in [6.07, 6.45) is 0.849. The number of anilines is 1. The number of ether oxygens (including phenoxy) is 1. The number of aryl methyl sites for hydroxylation is 1. The monoisotopic (exact) mass is 421 g/mol. The molecule has 0 unspecified atom stereocenters. The van der Waals surface area contributed by atoms with Gasteiger partial charge in [-0.25, -0.2) is 9.18 Å². The van der Waals surface area contributed by atoms with Gasteiger partial charge in [-0.05, 0) is 42.4 Å². The van der Waals surface area contributed by atoms with Gasteiger partial charge in [-0.3, -0.25) is 4.90 Å². The number of carbonyl (C=O) groups is 1. The van der Waals surface area contributed by atoms with Gasteiger partial charge in [0.15, 0.2) is 5.11 Å². The zero-order chi connectivity index (χ0) is 20.1. The molecular weight excluding hydrogens is 397 g/mol. The van der Waals surface area contributed by atoms with Gasteiger partial charge in [-0.1, -0.05) is 19.1 Å². The van der Waals surface area contributed by atoms with Crippen molar-refractivity contribution in [1.82, 2.24) is 9.80 Å². The lowest BCUT2D eigenvalue weighted by molar-refractivity contribution is 0.0602. The predicted molar refractivity (Wildman–Crippen MR) is 115 cm³/mol. The van der Waals surface area contributed by atoms with Crippen LogP contribution in [-0.4, -0.2) is 54.2 Å². The second kappa shape index (κ2) is 9.45. The smallest absolute Gasteiger partial charge is 0.340 e. The number of thiophene rings is 1. The molecule has 1 aliphatic rings. The van der Waals surface area contributed by atoms with Gasteiger partial charge >= 0.3 is 5.97 Å². The third kappa shape index (κ3) is 5.06. The largest absolute Gasteiger partial charge is 0.465 e. The molecule has 1 aromatic heterocycles. The molecule has 1 aliphatic heterocycles. The Morgan fingerprint density at radius 2 is 2.04 bits per heavy atom. The summed E-state index contributed by atoms with van der Waals surface area (Å²) in [6, 6.07) is 8.58. The van der Waals surface area contributed by atoms with Crippen LogP contribution in [0, 0.1) is 5.82 Å². The third-order valence-electron chi connectivity index (χ3n) is 4.71. The number of rotatable bonds is 5. The first-order valence-corrected chi connectivity index (χ1v) is 10.5. The Bertz CT molecular complexity index is 848. The van der Waals surface area contributed by atoms with E-state index >= 15 is 0 Å². The number of carbonyl (C=O) groups excluding carboxylic acids is 1. The number of methoxy groups -OCH3 is 1. The fourth-order valence-electron chi connectivity index (χ4n) is 3.15. The Labute approximate surface area is 174 Å². The molecule has 0 bridgehead atoms. The van der Waals surface area contributed by atoms with Crippen molar-refractivity contribution in [1.29, 1.82) is 0 Å². The molecule has 0 amide bonds. The summed E-state index contributed by atoms with van der Waals surface area (Å²) in [7, 11) is 1.38. The van der Waals surface area contributed by atoms with Crippen molar-refractivity contribution in [3.05, 3.63) is 52.2 Å². The van der Waals surface area contributed by atoms with E-state index in [4.69, 9.17) is 17.0 Å². The van der Waals surface area contributed by atoms with Crippen molar-refractivity contribution in [3.8, 4) is 0 Å². The van der Waals surface area contributed by atoms with Crippen molar-refractivity contribution in [2.75, 3.05) is 38.6 Å². The molecule has 0 radical (unpaired) electrons. The van der Waals surface area contributed by atoms with Crippen LogP contribution in [-0.2, 0) is 17.7 Å². The first-order chi connectivity index (χ1) is 13.5. The normalized spacial score (nSPS) is 14.8. The average molecular weight is 422 g/mol. The van der Waals surface area contributed by atoms with Gasteiger partial charge in [-0.2, -0.15) is 0 Å². The fourth-order valence-corrected chi connectivity index (χ4v) is 4.48. The molecule has 1 aromatic carbocycles. The molecule has 0 aliphatic carbocycles. The van der Waals surface area contributed by atoms with E-state index in [0.717, 1.165) is 54.6 Å². The number of esters is 1. The topological polar surface area (TPSA) is 44.8 Å². The summed E-state index contributed by atoms with van der Waals surface area (Å²) in [4.78, 5) is 17.5. The van der Waals surface area contributed by atoms with Crippen molar-refractivity contribution < 1.29 is 13.9 Å². The maximum atomic E-state index is 13.4. The highest BCUT2D eigenvalue weighted by Crippen LogP contribution is 2.29. The highest BCUT2D eigenvalue weighted by molar-refractivity contribution is 7.80. The lowest BCUT2D eigenvalue weighted by atomic mass is 10.2. The molecule has 28 heavy (non-hydrogen) atoms. The second-order valence-electron chi connectivity index (χ2n) is 6.62. The Morgan fingerprint density at radius 1 is 1.29 bits per heavy atom. The quantitative estimate of drug-likeness (QED) is 0.586. The lowest BCUT2D eigenvalue weighted by Crippen LogP contribution is -2.49. The van der Waals surface area contributed by atoms with Crippen molar-refractivity contribution in [2.24, 2.45) is 0 Å². The average Bonchev–Trinajstić information content (AvgIpc) is 3.11. The minimum atomic E-state index is -0.360. The van der Waals surface area contributed by atoms with Crippen LogP contribution >= 0.6 is 23.6 Å². The Balaban J connectivity index is 1.57. The summed E-state index contributed by atoms with van der Waals surface area (Å²) in [5.74, 6) is -0.563. The molecule has 1 N–H and O–H groups in total. The minimum Gasteiger partial charge on any atom is -0.465 e. The highest BCUT2D eigenvalue weighted by atomic mass is 32.1. The number of halogens is 1. The molecule has 0 spiro atoms. The number of hydrogen-bond acceptors (Lipinski definition) is 5. The van der Waals surface area contributed by atoms with Crippen LogP contribution < -0.4 is 5.32 Å². The highest BCUT2D eigenvalue weighted by Gasteiger charge is 2.22. The molecule has 0 atom stereocenters. The van der Waals surface area contributed by atoms with Gasteiger partial charge in [0.2, 0.25) is 0 Å². The Kier molecular flexibility index (Phi) is 6.98. The Hall–Kier alpha value is -2.03. The summed E-state index contributed by atoms with van der Waals surface area (Å²) >= 11 is 7.10. The van der Waals surface area contributed by atoms with E-state index in [2.05, 4.69) is 15.1 Å². The molecule has 1 saturated heterocycles. The van der Waals surface area contributed by atoms with Crippen LogP contribution in [0.3, 0.4) is 0 Å². The summed E-state index contributed by atoms with van der Waals surface area (Å²) in [5.41, 5.74) is 1.50. The molecule has 2 heterocycles. The van der Waals surface area contributed by atoms with E-state index in [9.17, 15) is 9.18 Å². The van der Waals surface area contributed by atoms with Crippen LogP contribution in [0.25, 0.3) is 0 Å². The van der Waals surface area contributed by atoms with E-state index < -0.39 is 0 Å². The molecule has 8 heteroatoms. The number of nitrogens with one attached hydrogen (secondary N) is 1.